The molecule has 0 bridgehead atoms. The average molecular weight is 392 g/mol. The summed E-state index contributed by atoms with van der Waals surface area (Å²) in [5, 5.41) is 11.5. The molecule has 2 nitrogen and oxygen atoms in total. The molecule has 0 heterocycles. The van der Waals surface area contributed by atoms with Gasteiger partial charge in [-0.1, -0.05) is 74.0 Å². The van der Waals surface area contributed by atoms with Crippen molar-refractivity contribution in [2.45, 2.75) is 31.8 Å². The molecule has 0 fully saturated rings. The standard InChI is InChI=1S/C21H30NO.BrH/c1-4-5-17-22(2,3)18-16-21(23,19-12-8-6-9-13-19)20-14-10-7-11-15-20;/h6-15,23H,4-5,16-18H2,1-3H3;1H/q+1;/p-1. The van der Waals surface area contributed by atoms with Gasteiger partial charge in [-0.25, -0.2) is 0 Å². The zero-order chi connectivity index (χ0) is 16.8. The number of aliphatic hydroxyl groups is 1. The molecule has 0 atom stereocenters. The number of nitrogens with zero attached hydrogens (tertiary/aromatic N) is 1. The Morgan fingerprint density at radius 1 is 0.833 bits per heavy atom. The Morgan fingerprint density at radius 2 is 1.29 bits per heavy atom. The van der Waals surface area contributed by atoms with Crippen LogP contribution in [-0.2, 0) is 5.60 Å². The van der Waals surface area contributed by atoms with Crippen molar-refractivity contribution in [3.05, 3.63) is 71.8 Å². The Labute approximate surface area is 157 Å². The van der Waals surface area contributed by atoms with E-state index in [2.05, 4.69) is 21.0 Å². The Morgan fingerprint density at radius 3 is 1.71 bits per heavy atom. The third kappa shape index (κ3) is 5.44. The zero-order valence-electron chi connectivity index (χ0n) is 15.1. The topological polar surface area (TPSA) is 20.2 Å². The minimum absolute atomic E-state index is 0. The highest BCUT2D eigenvalue weighted by molar-refractivity contribution is 5.35. The van der Waals surface area contributed by atoms with Gasteiger partial charge in [0.05, 0.1) is 27.2 Å². The van der Waals surface area contributed by atoms with Crippen molar-refractivity contribution in [2.75, 3.05) is 27.2 Å². The molecule has 0 amide bonds. The lowest BCUT2D eigenvalue weighted by atomic mass is 9.83. The molecule has 0 radical (unpaired) electrons. The van der Waals surface area contributed by atoms with Crippen molar-refractivity contribution < 1.29 is 26.6 Å². The van der Waals surface area contributed by atoms with Crippen molar-refractivity contribution in [3.63, 3.8) is 0 Å². The molecule has 0 saturated heterocycles. The van der Waals surface area contributed by atoms with Crippen LogP contribution in [0.5, 0.6) is 0 Å². The molecule has 24 heavy (non-hydrogen) atoms. The van der Waals surface area contributed by atoms with Crippen LogP contribution in [-0.4, -0.2) is 36.8 Å². The van der Waals surface area contributed by atoms with Gasteiger partial charge in [0.2, 0.25) is 0 Å². The second kappa shape index (κ2) is 9.36. The molecule has 1 N–H and O–H groups in total. The summed E-state index contributed by atoms with van der Waals surface area (Å²) in [5.41, 5.74) is 1.02. The fourth-order valence-corrected chi connectivity index (χ4v) is 3.05. The van der Waals surface area contributed by atoms with E-state index in [4.69, 9.17) is 0 Å². The Balaban J connectivity index is 0.00000288. The van der Waals surface area contributed by atoms with Crippen molar-refractivity contribution in [3.8, 4) is 0 Å². The number of benzene rings is 2. The molecular formula is C21H30BrNO. The molecule has 0 saturated carbocycles. The van der Waals surface area contributed by atoms with E-state index in [0.717, 1.165) is 35.1 Å². The van der Waals surface area contributed by atoms with Gasteiger partial charge >= 0.3 is 0 Å². The maximum atomic E-state index is 11.5. The van der Waals surface area contributed by atoms with Gasteiger partial charge < -0.3 is 26.6 Å². The van der Waals surface area contributed by atoms with E-state index < -0.39 is 5.60 Å². The predicted octanol–water partition coefficient (Wildman–Crippen LogP) is 1.19. The number of rotatable bonds is 8. The van der Waals surface area contributed by atoms with Gasteiger partial charge in [-0.2, -0.15) is 0 Å². The van der Waals surface area contributed by atoms with Crippen LogP contribution in [0.3, 0.4) is 0 Å². The average Bonchev–Trinajstić information content (AvgIpc) is 2.59. The minimum atomic E-state index is -0.926. The van der Waals surface area contributed by atoms with Crippen LogP contribution >= 0.6 is 0 Å². The van der Waals surface area contributed by atoms with Crippen molar-refractivity contribution in [2.24, 2.45) is 0 Å². The van der Waals surface area contributed by atoms with E-state index in [9.17, 15) is 5.11 Å². The zero-order valence-corrected chi connectivity index (χ0v) is 16.7. The summed E-state index contributed by atoms with van der Waals surface area (Å²) in [7, 11) is 4.51. The molecule has 2 rings (SSSR count). The van der Waals surface area contributed by atoms with E-state index >= 15 is 0 Å². The van der Waals surface area contributed by atoms with Crippen LogP contribution < -0.4 is 17.0 Å². The minimum Gasteiger partial charge on any atom is -1.00 e. The highest BCUT2D eigenvalue weighted by Crippen LogP contribution is 2.33. The summed E-state index contributed by atoms with van der Waals surface area (Å²) in [6, 6.07) is 20.1. The summed E-state index contributed by atoms with van der Waals surface area (Å²) in [6.07, 6.45) is 3.16. The fourth-order valence-electron chi connectivity index (χ4n) is 3.05. The lowest BCUT2D eigenvalue weighted by molar-refractivity contribution is -0.891. The third-order valence-corrected chi connectivity index (χ3v) is 4.70. The number of unbranched alkanes of at least 4 members (excludes halogenated alkanes) is 1. The molecule has 2 aromatic carbocycles. The molecule has 2 aromatic rings. The quantitative estimate of drug-likeness (QED) is 0.670. The summed E-state index contributed by atoms with van der Waals surface area (Å²) >= 11 is 0. The van der Waals surface area contributed by atoms with Gasteiger partial charge in [0.15, 0.2) is 0 Å². The van der Waals surface area contributed by atoms with Crippen molar-refractivity contribution >= 4 is 0 Å². The number of quaternary nitrogens is 1. The molecular weight excluding hydrogens is 362 g/mol. The SMILES string of the molecule is CCCC[N+](C)(C)CCC(O)(c1ccccc1)c1ccccc1.[Br-]. The van der Waals surface area contributed by atoms with E-state index in [0.29, 0.717) is 0 Å². The largest absolute Gasteiger partial charge is 1.00 e. The van der Waals surface area contributed by atoms with E-state index in [1.807, 2.05) is 60.7 Å². The summed E-state index contributed by atoms with van der Waals surface area (Å²) in [6.45, 7) is 4.32. The monoisotopic (exact) mass is 391 g/mol. The van der Waals surface area contributed by atoms with Crippen LogP contribution in [0.2, 0.25) is 0 Å². The molecule has 3 heteroatoms. The first kappa shape index (κ1) is 20.9. The van der Waals surface area contributed by atoms with Gasteiger partial charge in [0.25, 0.3) is 0 Å². The van der Waals surface area contributed by atoms with E-state index in [1.165, 1.54) is 12.8 Å². The highest BCUT2D eigenvalue weighted by atomic mass is 79.9. The summed E-state index contributed by atoms with van der Waals surface area (Å²) in [4.78, 5) is 0. The third-order valence-electron chi connectivity index (χ3n) is 4.70. The molecule has 0 aliphatic carbocycles. The van der Waals surface area contributed by atoms with Gasteiger partial charge in [-0.3, -0.25) is 0 Å². The summed E-state index contributed by atoms with van der Waals surface area (Å²) in [5.74, 6) is 0. The van der Waals surface area contributed by atoms with Crippen LogP contribution in [0.25, 0.3) is 0 Å². The van der Waals surface area contributed by atoms with E-state index in [1.54, 1.807) is 0 Å². The molecule has 0 unspecified atom stereocenters. The Kier molecular flexibility index (Phi) is 8.14. The van der Waals surface area contributed by atoms with Crippen LogP contribution in [0.4, 0.5) is 0 Å². The van der Waals surface area contributed by atoms with Crippen molar-refractivity contribution in [1.82, 2.24) is 0 Å². The number of halogens is 1. The van der Waals surface area contributed by atoms with E-state index in [-0.39, 0.29) is 17.0 Å². The Bertz CT molecular complexity index is 544. The van der Waals surface area contributed by atoms with Gasteiger partial charge in [0.1, 0.15) is 5.60 Å². The predicted molar refractivity (Wildman–Crippen MR) is 97.3 cm³/mol. The lowest BCUT2D eigenvalue weighted by Gasteiger charge is -2.35. The Hall–Kier alpha value is -1.16. The smallest absolute Gasteiger partial charge is 0.120 e. The molecule has 0 aliphatic rings. The summed E-state index contributed by atoms with van der Waals surface area (Å²) < 4.78 is 0.940. The maximum absolute atomic E-state index is 11.5. The molecule has 132 valence electrons. The molecule has 0 aromatic heterocycles. The molecule has 0 spiro atoms. The van der Waals surface area contributed by atoms with Crippen LogP contribution in [0.1, 0.15) is 37.3 Å². The van der Waals surface area contributed by atoms with Crippen molar-refractivity contribution in [1.29, 1.82) is 0 Å². The second-order valence-corrected chi connectivity index (χ2v) is 7.08. The van der Waals surface area contributed by atoms with Gasteiger partial charge in [-0.15, -0.1) is 0 Å². The van der Waals surface area contributed by atoms with Gasteiger partial charge in [0, 0.05) is 6.42 Å². The lowest BCUT2D eigenvalue weighted by Crippen LogP contribution is -3.00. The fraction of sp³-hybridized carbons (Fsp3) is 0.429. The number of hydrogen-bond acceptors (Lipinski definition) is 1. The second-order valence-electron chi connectivity index (χ2n) is 7.08. The van der Waals surface area contributed by atoms with Gasteiger partial charge in [-0.05, 0) is 17.5 Å². The first-order valence-electron chi connectivity index (χ1n) is 8.63. The first-order valence-corrected chi connectivity index (χ1v) is 8.63. The molecule has 0 aliphatic heterocycles. The first-order chi connectivity index (χ1) is 11.0. The highest BCUT2D eigenvalue weighted by Gasteiger charge is 2.33. The normalized spacial score (nSPS) is 11.8. The van der Waals surface area contributed by atoms with Crippen LogP contribution in [0.15, 0.2) is 60.7 Å². The van der Waals surface area contributed by atoms with Crippen LogP contribution in [0, 0.1) is 0 Å². The maximum Gasteiger partial charge on any atom is 0.120 e. The number of hydrogen-bond donors (Lipinski definition) is 1.